The van der Waals surface area contributed by atoms with Crippen molar-refractivity contribution in [1.29, 1.82) is 5.26 Å². The monoisotopic (exact) mass is 351 g/mol. The van der Waals surface area contributed by atoms with Crippen LogP contribution in [0.4, 0.5) is 5.69 Å². The minimum absolute atomic E-state index is 0.00956. The van der Waals surface area contributed by atoms with Gasteiger partial charge < -0.3 is 15.4 Å². The fourth-order valence-corrected chi connectivity index (χ4v) is 4.13. The molecule has 8 heteroatoms. The Morgan fingerprint density at radius 3 is 2.79 bits per heavy atom. The van der Waals surface area contributed by atoms with E-state index in [4.69, 9.17) is 10.00 Å². The zero-order valence-electron chi connectivity index (χ0n) is 13.7. The summed E-state index contributed by atoms with van der Waals surface area (Å²) in [5.74, 6) is 0.363. The molecule has 1 atom stereocenters. The van der Waals surface area contributed by atoms with E-state index in [0.29, 0.717) is 23.4 Å². The predicted octanol–water partition coefficient (Wildman–Crippen LogP) is 1.06. The van der Waals surface area contributed by atoms with Crippen molar-refractivity contribution < 1.29 is 17.9 Å². The summed E-state index contributed by atoms with van der Waals surface area (Å²) in [6, 6.07) is 6.65. The molecule has 1 aromatic rings. The summed E-state index contributed by atoms with van der Waals surface area (Å²) in [4.78, 5) is 12.0. The molecule has 1 heterocycles. The summed E-state index contributed by atoms with van der Waals surface area (Å²) in [6.45, 7) is 3.74. The van der Waals surface area contributed by atoms with Crippen LogP contribution in [0.2, 0.25) is 0 Å². The van der Waals surface area contributed by atoms with Crippen molar-refractivity contribution >= 4 is 21.4 Å². The molecular weight excluding hydrogens is 330 g/mol. The van der Waals surface area contributed by atoms with Crippen LogP contribution < -0.4 is 15.4 Å². The number of nitrogens with one attached hydrogen (secondary N) is 2. The molecule has 130 valence electrons. The van der Waals surface area contributed by atoms with Gasteiger partial charge in [0, 0.05) is 6.04 Å². The Morgan fingerprint density at radius 2 is 2.21 bits per heavy atom. The standard InChI is InChI=1S/C16H21N3O4S/c1-11(2)23-15-4-3-12(8-17)7-14(15)18-9-16(20)19-13-5-6-24(21,22)10-13/h3-4,7,11,13,18H,5-6,9-10H2,1-2H3,(H,19,20). The van der Waals surface area contributed by atoms with E-state index < -0.39 is 9.84 Å². The molecular formula is C16H21N3O4S. The van der Waals surface area contributed by atoms with Gasteiger partial charge in [0.05, 0.1) is 41.5 Å². The molecule has 0 bridgehead atoms. The number of hydrogen-bond donors (Lipinski definition) is 2. The Balaban J connectivity index is 1.97. The smallest absolute Gasteiger partial charge is 0.239 e. The molecule has 0 radical (unpaired) electrons. The molecule has 1 aliphatic heterocycles. The van der Waals surface area contributed by atoms with E-state index >= 15 is 0 Å². The van der Waals surface area contributed by atoms with E-state index in [9.17, 15) is 13.2 Å². The summed E-state index contributed by atoms with van der Waals surface area (Å²) < 4.78 is 28.5. The molecule has 24 heavy (non-hydrogen) atoms. The summed E-state index contributed by atoms with van der Waals surface area (Å²) >= 11 is 0. The number of rotatable bonds is 6. The van der Waals surface area contributed by atoms with Gasteiger partial charge in [-0.1, -0.05) is 0 Å². The molecule has 2 rings (SSSR count). The Kier molecular flexibility index (Phi) is 5.67. The molecule has 1 aliphatic rings. The first-order valence-electron chi connectivity index (χ1n) is 7.73. The third-order valence-electron chi connectivity index (χ3n) is 3.51. The highest BCUT2D eigenvalue weighted by molar-refractivity contribution is 7.91. The maximum Gasteiger partial charge on any atom is 0.239 e. The molecule has 0 saturated carbocycles. The average Bonchev–Trinajstić information content (AvgIpc) is 2.84. The van der Waals surface area contributed by atoms with E-state index in [2.05, 4.69) is 10.6 Å². The van der Waals surface area contributed by atoms with Crippen molar-refractivity contribution in [2.75, 3.05) is 23.4 Å². The number of carbonyl (C=O) groups excluding carboxylic acids is 1. The first kappa shape index (κ1) is 18.1. The largest absolute Gasteiger partial charge is 0.489 e. The summed E-state index contributed by atoms with van der Waals surface area (Å²) in [5, 5.41) is 14.7. The van der Waals surface area contributed by atoms with Gasteiger partial charge in [-0.15, -0.1) is 0 Å². The fourth-order valence-electron chi connectivity index (χ4n) is 2.46. The third kappa shape index (κ3) is 5.13. The van der Waals surface area contributed by atoms with Crippen LogP contribution in [0.5, 0.6) is 5.75 Å². The maximum absolute atomic E-state index is 12.0. The molecule has 1 amide bonds. The molecule has 1 saturated heterocycles. The second-order valence-corrected chi connectivity index (χ2v) is 8.24. The zero-order valence-corrected chi connectivity index (χ0v) is 14.5. The van der Waals surface area contributed by atoms with Crippen LogP contribution in [0.15, 0.2) is 18.2 Å². The Morgan fingerprint density at radius 1 is 1.46 bits per heavy atom. The van der Waals surface area contributed by atoms with Gasteiger partial charge in [0.1, 0.15) is 5.75 Å². The SMILES string of the molecule is CC(C)Oc1ccc(C#N)cc1NCC(=O)NC1CCS(=O)(=O)C1. The van der Waals surface area contributed by atoms with Crippen molar-refractivity contribution in [2.24, 2.45) is 0 Å². The number of anilines is 1. The topological polar surface area (TPSA) is 108 Å². The zero-order chi connectivity index (χ0) is 17.7. The van der Waals surface area contributed by atoms with E-state index in [1.807, 2.05) is 19.9 Å². The third-order valence-corrected chi connectivity index (χ3v) is 5.28. The van der Waals surface area contributed by atoms with Gasteiger partial charge in [-0.05, 0) is 38.5 Å². The molecule has 0 spiro atoms. The lowest BCUT2D eigenvalue weighted by molar-refractivity contribution is -0.119. The first-order valence-corrected chi connectivity index (χ1v) is 9.55. The van der Waals surface area contributed by atoms with Crippen LogP contribution in [-0.2, 0) is 14.6 Å². The first-order chi connectivity index (χ1) is 11.3. The number of sulfone groups is 1. The summed E-state index contributed by atoms with van der Waals surface area (Å²) in [5.41, 5.74) is 1.01. The van der Waals surface area contributed by atoms with Gasteiger partial charge in [0.2, 0.25) is 5.91 Å². The molecule has 7 nitrogen and oxygen atoms in total. The molecule has 2 N–H and O–H groups in total. The Labute approximate surface area is 141 Å². The van der Waals surface area contributed by atoms with Crippen molar-refractivity contribution in [3.63, 3.8) is 0 Å². The minimum Gasteiger partial charge on any atom is -0.489 e. The second-order valence-electron chi connectivity index (χ2n) is 6.01. The van der Waals surface area contributed by atoms with E-state index in [0.717, 1.165) is 0 Å². The maximum atomic E-state index is 12.0. The van der Waals surface area contributed by atoms with Crippen molar-refractivity contribution in [3.05, 3.63) is 23.8 Å². The average molecular weight is 351 g/mol. The van der Waals surface area contributed by atoms with E-state index in [1.165, 1.54) is 0 Å². The van der Waals surface area contributed by atoms with E-state index in [-0.39, 0.29) is 36.1 Å². The quantitative estimate of drug-likeness (QED) is 0.793. The van der Waals surface area contributed by atoms with Gasteiger partial charge in [-0.3, -0.25) is 4.79 Å². The highest BCUT2D eigenvalue weighted by Crippen LogP contribution is 2.26. The molecule has 1 fully saturated rings. The summed E-state index contributed by atoms with van der Waals surface area (Å²) in [7, 11) is -3.03. The lowest BCUT2D eigenvalue weighted by atomic mass is 10.2. The van der Waals surface area contributed by atoms with Crippen LogP contribution in [0.1, 0.15) is 25.8 Å². The Hall–Kier alpha value is -2.27. The number of carbonyl (C=O) groups is 1. The normalized spacial score (nSPS) is 18.8. The van der Waals surface area contributed by atoms with Crippen LogP contribution in [-0.4, -0.2) is 44.5 Å². The number of benzene rings is 1. The number of nitriles is 1. The molecule has 1 unspecified atom stereocenters. The summed E-state index contributed by atoms with van der Waals surface area (Å²) in [6.07, 6.45) is 0.399. The number of amides is 1. The number of nitrogens with zero attached hydrogens (tertiary/aromatic N) is 1. The van der Waals surface area contributed by atoms with Crippen LogP contribution >= 0.6 is 0 Å². The highest BCUT2D eigenvalue weighted by Gasteiger charge is 2.28. The van der Waals surface area contributed by atoms with Crippen molar-refractivity contribution in [3.8, 4) is 11.8 Å². The minimum atomic E-state index is -3.03. The lowest BCUT2D eigenvalue weighted by Gasteiger charge is -2.16. The second kappa shape index (κ2) is 7.53. The highest BCUT2D eigenvalue weighted by atomic mass is 32.2. The van der Waals surface area contributed by atoms with E-state index in [1.54, 1.807) is 18.2 Å². The van der Waals surface area contributed by atoms with Gasteiger partial charge >= 0.3 is 0 Å². The van der Waals surface area contributed by atoms with Crippen LogP contribution in [0, 0.1) is 11.3 Å². The molecule has 0 aromatic heterocycles. The van der Waals surface area contributed by atoms with Crippen LogP contribution in [0.3, 0.4) is 0 Å². The number of hydrogen-bond acceptors (Lipinski definition) is 6. The van der Waals surface area contributed by atoms with Gasteiger partial charge in [0.15, 0.2) is 9.84 Å². The predicted molar refractivity (Wildman–Crippen MR) is 90.6 cm³/mol. The van der Waals surface area contributed by atoms with Gasteiger partial charge in [-0.2, -0.15) is 5.26 Å². The Bertz CT molecular complexity index is 753. The van der Waals surface area contributed by atoms with Gasteiger partial charge in [0.25, 0.3) is 0 Å². The van der Waals surface area contributed by atoms with Gasteiger partial charge in [-0.25, -0.2) is 8.42 Å². The molecule has 1 aromatic carbocycles. The van der Waals surface area contributed by atoms with Crippen LogP contribution in [0.25, 0.3) is 0 Å². The van der Waals surface area contributed by atoms with Crippen molar-refractivity contribution in [2.45, 2.75) is 32.4 Å². The fraction of sp³-hybridized carbons (Fsp3) is 0.500. The number of ether oxygens (including phenoxy) is 1. The van der Waals surface area contributed by atoms with Crippen molar-refractivity contribution in [1.82, 2.24) is 5.32 Å². The molecule has 0 aliphatic carbocycles. The lowest BCUT2D eigenvalue weighted by Crippen LogP contribution is -2.39.